The van der Waals surface area contributed by atoms with Crippen molar-refractivity contribution in [3.63, 3.8) is 0 Å². The lowest BCUT2D eigenvalue weighted by Crippen LogP contribution is -1.80. The van der Waals surface area contributed by atoms with Crippen molar-refractivity contribution in [2.75, 3.05) is 0 Å². The summed E-state index contributed by atoms with van der Waals surface area (Å²) in [7, 11) is 0. The van der Waals surface area contributed by atoms with Crippen LogP contribution >= 0.6 is 38.9 Å². The zero-order valence-corrected chi connectivity index (χ0v) is 11.8. The van der Waals surface area contributed by atoms with Crippen molar-refractivity contribution >= 4 is 50.5 Å². The summed E-state index contributed by atoms with van der Waals surface area (Å²) < 4.78 is 0.942. The highest BCUT2D eigenvalue weighted by Gasteiger charge is 2.06. The summed E-state index contributed by atoms with van der Waals surface area (Å²) >= 11 is 10.9. The number of hydrogen-bond acceptors (Lipinski definition) is 2. The predicted octanol–water partition coefficient (Wildman–Crippen LogP) is 5.23. The Morgan fingerprint density at radius 2 is 2.24 bits per heavy atom. The fraction of sp³-hybridized carbons (Fsp3) is 0. The van der Waals surface area contributed by atoms with Gasteiger partial charge in [-0.25, -0.2) is 0 Å². The van der Waals surface area contributed by atoms with Gasteiger partial charge in [0, 0.05) is 25.8 Å². The topological polar surface area (TPSA) is 23.8 Å². The first-order valence-corrected chi connectivity index (χ1v) is 6.91. The molecule has 1 aromatic carbocycles. The van der Waals surface area contributed by atoms with E-state index in [9.17, 15) is 5.26 Å². The van der Waals surface area contributed by atoms with E-state index >= 15 is 0 Å². The van der Waals surface area contributed by atoms with Crippen LogP contribution < -0.4 is 0 Å². The summed E-state index contributed by atoms with van der Waals surface area (Å²) in [5.74, 6) is 0. The molecule has 0 fully saturated rings. The van der Waals surface area contributed by atoms with Crippen LogP contribution in [0.15, 0.2) is 39.5 Å². The number of thiophene rings is 1. The average Bonchev–Trinajstić information content (AvgIpc) is 2.72. The summed E-state index contributed by atoms with van der Waals surface area (Å²) in [5.41, 5.74) is 2.46. The van der Waals surface area contributed by atoms with E-state index in [1.165, 1.54) is 0 Å². The lowest BCUT2D eigenvalue weighted by atomic mass is 10.1. The van der Waals surface area contributed by atoms with Gasteiger partial charge in [0.05, 0.1) is 11.6 Å². The van der Waals surface area contributed by atoms with Crippen LogP contribution in [0.2, 0.25) is 5.02 Å². The molecule has 84 valence electrons. The molecule has 0 radical (unpaired) electrons. The van der Waals surface area contributed by atoms with Gasteiger partial charge in [0.1, 0.15) is 0 Å². The lowest BCUT2D eigenvalue weighted by molar-refractivity contribution is 1.53. The molecular formula is C13H7BrClNS. The molecule has 1 heterocycles. The maximum atomic E-state index is 9.19. The number of benzene rings is 1. The van der Waals surface area contributed by atoms with Crippen LogP contribution in [0.25, 0.3) is 11.6 Å². The van der Waals surface area contributed by atoms with Crippen LogP contribution in [-0.2, 0) is 0 Å². The van der Waals surface area contributed by atoms with Gasteiger partial charge in [-0.15, -0.1) is 0 Å². The third-order valence-electron chi connectivity index (χ3n) is 2.19. The molecule has 0 atom stereocenters. The fourth-order valence-electron chi connectivity index (χ4n) is 1.41. The summed E-state index contributed by atoms with van der Waals surface area (Å²) in [6.07, 6.45) is 1.83. The van der Waals surface area contributed by atoms with Crippen molar-refractivity contribution in [3.05, 3.63) is 55.6 Å². The van der Waals surface area contributed by atoms with Crippen molar-refractivity contribution in [1.29, 1.82) is 5.26 Å². The predicted molar refractivity (Wildman–Crippen MR) is 77.0 cm³/mol. The van der Waals surface area contributed by atoms with Crippen molar-refractivity contribution in [2.45, 2.75) is 0 Å². The first-order chi connectivity index (χ1) is 8.20. The molecule has 2 rings (SSSR count). The SMILES string of the molecule is N#C/C(=C\c1cccc(Cl)c1)c1cscc1Br. The van der Waals surface area contributed by atoms with Gasteiger partial charge in [-0.05, 0) is 39.7 Å². The maximum absolute atomic E-state index is 9.19. The Bertz CT molecular complexity index is 610. The molecule has 0 aliphatic heterocycles. The van der Waals surface area contributed by atoms with Crippen LogP contribution in [0.4, 0.5) is 0 Å². The van der Waals surface area contributed by atoms with Gasteiger partial charge in [0.2, 0.25) is 0 Å². The lowest BCUT2D eigenvalue weighted by Gasteiger charge is -1.98. The molecule has 1 nitrogen and oxygen atoms in total. The molecule has 4 heteroatoms. The Morgan fingerprint density at radius 3 is 2.82 bits per heavy atom. The van der Waals surface area contributed by atoms with E-state index in [2.05, 4.69) is 22.0 Å². The minimum absolute atomic E-state index is 0.625. The molecular weight excluding hydrogens is 318 g/mol. The molecule has 0 aliphatic rings. The van der Waals surface area contributed by atoms with Gasteiger partial charge in [-0.2, -0.15) is 16.6 Å². The molecule has 0 amide bonds. The van der Waals surface area contributed by atoms with Gasteiger partial charge in [0.15, 0.2) is 0 Å². The Labute approximate surface area is 117 Å². The van der Waals surface area contributed by atoms with E-state index in [1.807, 2.05) is 41.1 Å². The highest BCUT2D eigenvalue weighted by Crippen LogP contribution is 2.29. The molecule has 2 aromatic rings. The van der Waals surface area contributed by atoms with Gasteiger partial charge in [0.25, 0.3) is 0 Å². The Hall–Kier alpha value is -1.08. The third kappa shape index (κ3) is 2.98. The zero-order chi connectivity index (χ0) is 12.3. The van der Waals surface area contributed by atoms with Crippen LogP contribution in [0, 0.1) is 11.3 Å². The van der Waals surface area contributed by atoms with Crippen LogP contribution in [0.3, 0.4) is 0 Å². The molecule has 0 saturated heterocycles. The Balaban J connectivity index is 2.44. The molecule has 0 spiro atoms. The second-order valence-electron chi connectivity index (χ2n) is 3.36. The quantitative estimate of drug-likeness (QED) is 0.694. The van der Waals surface area contributed by atoms with E-state index in [4.69, 9.17) is 11.6 Å². The molecule has 1 aromatic heterocycles. The maximum Gasteiger partial charge on any atom is 0.0998 e. The van der Waals surface area contributed by atoms with E-state index in [0.29, 0.717) is 10.6 Å². The molecule has 0 bridgehead atoms. The van der Waals surface area contributed by atoms with Crippen molar-refractivity contribution in [1.82, 2.24) is 0 Å². The number of halogens is 2. The summed E-state index contributed by atoms with van der Waals surface area (Å²) in [6, 6.07) is 9.64. The van der Waals surface area contributed by atoms with Gasteiger partial charge >= 0.3 is 0 Å². The van der Waals surface area contributed by atoms with Crippen LogP contribution in [0.5, 0.6) is 0 Å². The highest BCUT2D eigenvalue weighted by atomic mass is 79.9. The van der Waals surface area contributed by atoms with Crippen LogP contribution in [0.1, 0.15) is 11.1 Å². The number of nitrogens with zero attached hydrogens (tertiary/aromatic N) is 1. The minimum Gasteiger partial charge on any atom is -0.192 e. The van der Waals surface area contributed by atoms with Gasteiger partial charge < -0.3 is 0 Å². The third-order valence-corrected chi connectivity index (χ3v) is 4.12. The van der Waals surface area contributed by atoms with Gasteiger partial charge in [-0.1, -0.05) is 23.7 Å². The fourth-order valence-corrected chi connectivity index (χ4v) is 3.11. The first kappa shape index (κ1) is 12.4. The Morgan fingerprint density at radius 1 is 1.41 bits per heavy atom. The highest BCUT2D eigenvalue weighted by molar-refractivity contribution is 9.10. The largest absolute Gasteiger partial charge is 0.192 e. The first-order valence-electron chi connectivity index (χ1n) is 4.80. The number of nitriles is 1. The monoisotopic (exact) mass is 323 g/mol. The van der Waals surface area contributed by atoms with E-state index < -0.39 is 0 Å². The van der Waals surface area contributed by atoms with E-state index in [-0.39, 0.29) is 0 Å². The average molecular weight is 325 g/mol. The van der Waals surface area contributed by atoms with Gasteiger partial charge in [-0.3, -0.25) is 0 Å². The molecule has 0 unspecified atom stereocenters. The minimum atomic E-state index is 0.625. The standard InChI is InChI=1S/C13H7BrClNS/c14-13-8-17-7-12(13)10(6-16)4-9-2-1-3-11(15)5-9/h1-5,7-8H/b10-4+. The zero-order valence-electron chi connectivity index (χ0n) is 8.65. The van der Waals surface area contributed by atoms with E-state index in [0.717, 1.165) is 15.6 Å². The molecule has 0 N–H and O–H groups in total. The van der Waals surface area contributed by atoms with Crippen LogP contribution in [-0.4, -0.2) is 0 Å². The molecule has 17 heavy (non-hydrogen) atoms. The molecule has 0 aliphatic carbocycles. The van der Waals surface area contributed by atoms with E-state index in [1.54, 1.807) is 11.3 Å². The van der Waals surface area contributed by atoms with Crippen molar-refractivity contribution in [3.8, 4) is 6.07 Å². The molecule has 0 saturated carbocycles. The number of allylic oxidation sites excluding steroid dienone is 1. The van der Waals surface area contributed by atoms with Crippen molar-refractivity contribution < 1.29 is 0 Å². The summed E-state index contributed by atoms with van der Waals surface area (Å²) in [6.45, 7) is 0. The second-order valence-corrected chi connectivity index (χ2v) is 5.39. The normalized spacial score (nSPS) is 11.2. The summed E-state index contributed by atoms with van der Waals surface area (Å²) in [4.78, 5) is 0. The smallest absolute Gasteiger partial charge is 0.0998 e. The number of hydrogen-bond donors (Lipinski definition) is 0. The second kappa shape index (κ2) is 5.50. The number of rotatable bonds is 2. The summed E-state index contributed by atoms with van der Waals surface area (Å²) in [5, 5.41) is 13.8. The van der Waals surface area contributed by atoms with Crippen molar-refractivity contribution in [2.24, 2.45) is 0 Å². The Kier molecular flexibility index (Phi) is 4.01.